The number of hydrogen-bond acceptors (Lipinski definition) is 6. The van der Waals surface area contributed by atoms with Gasteiger partial charge in [0.25, 0.3) is 5.91 Å². The molecular formula is C26H24N2O3S2. The SMILES string of the molecule is CCOC(=O)c1c(NC(=O)c2cc(-c3cccs3)nc3ccccc23)sc2c1CCC(C)C2. The number of esters is 1. The molecule has 0 saturated heterocycles. The van der Waals surface area contributed by atoms with Gasteiger partial charge in [-0.3, -0.25) is 4.79 Å². The van der Waals surface area contributed by atoms with Crippen LogP contribution >= 0.6 is 22.7 Å². The molecule has 1 aliphatic rings. The highest BCUT2D eigenvalue weighted by atomic mass is 32.1. The first-order valence-electron chi connectivity index (χ1n) is 11.1. The summed E-state index contributed by atoms with van der Waals surface area (Å²) in [6.07, 6.45) is 2.78. The number of ether oxygens (including phenoxy) is 1. The van der Waals surface area contributed by atoms with Crippen molar-refractivity contribution in [1.82, 2.24) is 4.98 Å². The lowest BCUT2D eigenvalue weighted by Crippen LogP contribution is -2.17. The fourth-order valence-electron chi connectivity index (χ4n) is 4.34. The molecule has 7 heteroatoms. The summed E-state index contributed by atoms with van der Waals surface area (Å²) in [4.78, 5) is 33.4. The van der Waals surface area contributed by atoms with Crippen LogP contribution in [0.1, 0.15) is 51.4 Å². The molecule has 0 spiro atoms. The molecule has 1 aliphatic carbocycles. The van der Waals surface area contributed by atoms with Crippen LogP contribution < -0.4 is 5.32 Å². The summed E-state index contributed by atoms with van der Waals surface area (Å²) in [6, 6.07) is 13.4. The van der Waals surface area contributed by atoms with Crippen molar-refractivity contribution in [3.05, 3.63) is 69.4 Å². The van der Waals surface area contributed by atoms with Crippen LogP contribution in [0.25, 0.3) is 21.5 Å². The second-order valence-electron chi connectivity index (χ2n) is 8.28. The first-order valence-corrected chi connectivity index (χ1v) is 12.8. The van der Waals surface area contributed by atoms with Crippen molar-refractivity contribution in [3.63, 3.8) is 0 Å². The quantitative estimate of drug-likeness (QED) is 0.330. The number of hydrogen-bond donors (Lipinski definition) is 1. The molecule has 0 fully saturated rings. The van der Waals surface area contributed by atoms with Crippen molar-refractivity contribution in [2.24, 2.45) is 5.92 Å². The summed E-state index contributed by atoms with van der Waals surface area (Å²) < 4.78 is 5.35. The van der Waals surface area contributed by atoms with E-state index in [-0.39, 0.29) is 11.9 Å². The monoisotopic (exact) mass is 476 g/mol. The number of pyridine rings is 1. The van der Waals surface area contributed by atoms with E-state index in [1.807, 2.05) is 47.8 Å². The average molecular weight is 477 g/mol. The molecule has 1 unspecified atom stereocenters. The minimum Gasteiger partial charge on any atom is -0.462 e. The Labute approximate surface area is 200 Å². The normalized spacial score (nSPS) is 15.3. The van der Waals surface area contributed by atoms with Crippen molar-refractivity contribution in [1.29, 1.82) is 0 Å². The molecule has 1 aromatic carbocycles. The molecule has 0 radical (unpaired) electrons. The number of amides is 1. The number of nitrogens with one attached hydrogen (secondary N) is 1. The largest absolute Gasteiger partial charge is 0.462 e. The van der Waals surface area contributed by atoms with E-state index >= 15 is 0 Å². The van der Waals surface area contributed by atoms with E-state index in [4.69, 9.17) is 9.72 Å². The molecule has 0 aliphatic heterocycles. The predicted octanol–water partition coefficient (Wildman–Crippen LogP) is 6.58. The summed E-state index contributed by atoms with van der Waals surface area (Å²) in [7, 11) is 0. The average Bonchev–Trinajstić information content (AvgIpc) is 3.46. The summed E-state index contributed by atoms with van der Waals surface area (Å²) in [5.74, 6) is -0.0467. The third kappa shape index (κ3) is 4.18. The Kier molecular flexibility index (Phi) is 6.00. The van der Waals surface area contributed by atoms with Gasteiger partial charge < -0.3 is 10.1 Å². The highest BCUT2D eigenvalue weighted by Crippen LogP contribution is 2.40. The molecule has 5 rings (SSSR count). The molecule has 3 aromatic heterocycles. The summed E-state index contributed by atoms with van der Waals surface area (Å²) in [5.41, 5.74) is 3.62. The van der Waals surface area contributed by atoms with E-state index < -0.39 is 0 Å². The topological polar surface area (TPSA) is 68.3 Å². The molecule has 1 amide bonds. The highest BCUT2D eigenvalue weighted by molar-refractivity contribution is 7.17. The maximum Gasteiger partial charge on any atom is 0.341 e. The van der Waals surface area contributed by atoms with Crippen molar-refractivity contribution < 1.29 is 14.3 Å². The Balaban J connectivity index is 1.57. The fourth-order valence-corrected chi connectivity index (χ4v) is 6.42. The Morgan fingerprint density at radius 2 is 2.06 bits per heavy atom. The molecule has 168 valence electrons. The van der Waals surface area contributed by atoms with Crippen LogP contribution in [0.2, 0.25) is 0 Å². The standard InChI is InChI=1S/C26H24N2O3S2/c1-3-31-26(30)23-17-11-10-15(2)13-22(17)33-25(23)28-24(29)18-14-20(21-9-6-12-32-21)27-19-8-5-4-7-16(18)19/h4-9,12,14-15H,3,10-11,13H2,1-2H3,(H,28,29). The lowest BCUT2D eigenvalue weighted by Gasteiger charge is -2.18. The minimum atomic E-state index is -0.362. The second-order valence-corrected chi connectivity index (χ2v) is 10.3. The van der Waals surface area contributed by atoms with Crippen LogP contribution in [-0.4, -0.2) is 23.5 Å². The van der Waals surface area contributed by atoms with E-state index in [9.17, 15) is 9.59 Å². The Morgan fingerprint density at radius 3 is 2.85 bits per heavy atom. The third-order valence-corrected chi connectivity index (χ3v) is 8.01. The van der Waals surface area contributed by atoms with Crippen LogP contribution in [0, 0.1) is 5.92 Å². The summed E-state index contributed by atoms with van der Waals surface area (Å²) >= 11 is 3.09. The molecule has 5 nitrogen and oxygen atoms in total. The van der Waals surface area contributed by atoms with E-state index in [0.717, 1.165) is 46.3 Å². The highest BCUT2D eigenvalue weighted by Gasteiger charge is 2.29. The third-order valence-electron chi connectivity index (χ3n) is 5.95. The van der Waals surface area contributed by atoms with Gasteiger partial charge in [-0.15, -0.1) is 22.7 Å². The Bertz CT molecular complexity index is 1340. The zero-order chi connectivity index (χ0) is 22.9. The molecule has 3 heterocycles. The van der Waals surface area contributed by atoms with Crippen molar-refractivity contribution in [2.45, 2.75) is 33.1 Å². The fraction of sp³-hybridized carbons (Fsp3) is 0.269. The molecule has 1 N–H and O–H groups in total. The van der Waals surface area contributed by atoms with Crippen LogP contribution in [0.15, 0.2) is 47.8 Å². The van der Waals surface area contributed by atoms with E-state index in [1.165, 1.54) is 16.2 Å². The van der Waals surface area contributed by atoms with Gasteiger partial charge in [0.15, 0.2) is 0 Å². The smallest absolute Gasteiger partial charge is 0.341 e. The summed E-state index contributed by atoms with van der Waals surface area (Å²) in [6.45, 7) is 4.32. The van der Waals surface area contributed by atoms with Crippen molar-refractivity contribution in [3.8, 4) is 10.6 Å². The Hall–Kier alpha value is -3.03. The number of benzene rings is 1. The first kappa shape index (κ1) is 21.8. The number of carbonyl (C=O) groups is 2. The van der Waals surface area contributed by atoms with Gasteiger partial charge in [-0.2, -0.15) is 0 Å². The van der Waals surface area contributed by atoms with Crippen molar-refractivity contribution in [2.75, 3.05) is 11.9 Å². The van der Waals surface area contributed by atoms with E-state index in [2.05, 4.69) is 12.2 Å². The van der Waals surface area contributed by atoms with Gasteiger partial charge in [0.2, 0.25) is 0 Å². The van der Waals surface area contributed by atoms with Crippen LogP contribution in [0.3, 0.4) is 0 Å². The zero-order valence-electron chi connectivity index (χ0n) is 18.5. The van der Waals surface area contributed by atoms with Crippen LogP contribution in [-0.2, 0) is 17.6 Å². The number of rotatable bonds is 5. The number of carbonyl (C=O) groups excluding carboxylic acids is 2. The van der Waals surface area contributed by atoms with E-state index in [0.29, 0.717) is 28.7 Å². The van der Waals surface area contributed by atoms with Gasteiger partial charge in [-0.25, -0.2) is 9.78 Å². The van der Waals surface area contributed by atoms with Gasteiger partial charge >= 0.3 is 5.97 Å². The van der Waals surface area contributed by atoms with Gasteiger partial charge in [0.05, 0.1) is 33.8 Å². The maximum absolute atomic E-state index is 13.6. The molecule has 0 bridgehead atoms. The number of para-hydroxylation sites is 1. The van der Waals surface area contributed by atoms with E-state index in [1.54, 1.807) is 18.3 Å². The number of anilines is 1. The van der Waals surface area contributed by atoms with Crippen LogP contribution in [0.4, 0.5) is 5.00 Å². The summed E-state index contributed by atoms with van der Waals surface area (Å²) in [5, 5.41) is 6.41. The molecule has 0 saturated carbocycles. The minimum absolute atomic E-state index is 0.247. The van der Waals surface area contributed by atoms with Gasteiger partial charge in [-0.05, 0) is 61.2 Å². The molecule has 33 heavy (non-hydrogen) atoms. The predicted molar refractivity (Wildman–Crippen MR) is 134 cm³/mol. The van der Waals surface area contributed by atoms with Crippen molar-refractivity contribution >= 4 is 50.5 Å². The van der Waals surface area contributed by atoms with Crippen LogP contribution in [0.5, 0.6) is 0 Å². The lowest BCUT2D eigenvalue weighted by molar-refractivity contribution is 0.0526. The first-order chi connectivity index (χ1) is 16.0. The molecule has 1 atom stereocenters. The van der Waals surface area contributed by atoms with Gasteiger partial charge in [0.1, 0.15) is 5.00 Å². The number of aromatic nitrogens is 1. The number of nitrogens with zero attached hydrogens (tertiary/aromatic N) is 1. The zero-order valence-corrected chi connectivity index (χ0v) is 20.1. The Morgan fingerprint density at radius 1 is 1.21 bits per heavy atom. The van der Waals surface area contributed by atoms with Gasteiger partial charge in [0, 0.05) is 10.3 Å². The lowest BCUT2D eigenvalue weighted by atomic mass is 9.88. The maximum atomic E-state index is 13.6. The molecule has 4 aromatic rings. The number of fused-ring (bicyclic) bond motifs is 2. The number of thiophene rings is 2. The van der Waals surface area contributed by atoms with Gasteiger partial charge in [-0.1, -0.05) is 31.2 Å². The molecular weight excluding hydrogens is 452 g/mol. The second kappa shape index (κ2) is 9.08.